The summed E-state index contributed by atoms with van der Waals surface area (Å²) in [6, 6.07) is 20.5. The van der Waals surface area contributed by atoms with Crippen molar-refractivity contribution in [2.45, 2.75) is 19.6 Å². The number of fused-ring (bicyclic) bond motifs is 2. The monoisotopic (exact) mass is 360 g/mol. The van der Waals surface area contributed by atoms with Crippen LogP contribution in [0.1, 0.15) is 0 Å². The van der Waals surface area contributed by atoms with Crippen molar-refractivity contribution in [2.24, 2.45) is 0 Å². The number of benzene rings is 3. The maximum absolute atomic E-state index is 6.50. The van der Waals surface area contributed by atoms with E-state index in [0.717, 1.165) is 21.2 Å². The molecule has 0 saturated carbocycles. The van der Waals surface area contributed by atoms with Crippen molar-refractivity contribution in [1.29, 1.82) is 0 Å². The number of hydrogen-bond acceptors (Lipinski definition) is 2. The molecule has 0 radical (unpaired) electrons. The summed E-state index contributed by atoms with van der Waals surface area (Å²) in [6.07, 6.45) is 0. The fourth-order valence-corrected chi connectivity index (χ4v) is 5.29. The molecule has 0 aromatic heterocycles. The smallest absolute Gasteiger partial charge is 0.0496 e. The SMILES string of the molecule is Clc1ccc2c(c1)Sc1cc(-c3ccccc3)c(Cl)cc1S2. The first kappa shape index (κ1) is 14.5. The van der Waals surface area contributed by atoms with Gasteiger partial charge in [-0.15, -0.1) is 0 Å². The molecular weight excluding hydrogens is 351 g/mol. The lowest BCUT2D eigenvalue weighted by Gasteiger charge is -2.20. The van der Waals surface area contributed by atoms with Crippen molar-refractivity contribution in [3.8, 4) is 11.1 Å². The minimum absolute atomic E-state index is 0.771. The van der Waals surface area contributed by atoms with Gasteiger partial charge in [-0.1, -0.05) is 77.1 Å². The summed E-state index contributed by atoms with van der Waals surface area (Å²) in [5.41, 5.74) is 2.21. The van der Waals surface area contributed by atoms with E-state index in [4.69, 9.17) is 23.2 Å². The van der Waals surface area contributed by atoms with Gasteiger partial charge in [-0.25, -0.2) is 0 Å². The van der Waals surface area contributed by atoms with E-state index in [0.29, 0.717) is 0 Å². The Balaban J connectivity index is 1.81. The van der Waals surface area contributed by atoms with Crippen LogP contribution in [0.2, 0.25) is 10.0 Å². The fraction of sp³-hybridized carbons (Fsp3) is 0. The van der Waals surface area contributed by atoms with Crippen molar-refractivity contribution >= 4 is 46.7 Å². The molecule has 0 aliphatic carbocycles. The first-order valence-electron chi connectivity index (χ1n) is 6.75. The van der Waals surface area contributed by atoms with E-state index in [1.807, 2.05) is 30.3 Å². The van der Waals surface area contributed by atoms with Crippen LogP contribution in [0.15, 0.2) is 80.2 Å². The Kier molecular flexibility index (Phi) is 3.87. The van der Waals surface area contributed by atoms with Gasteiger partial charge in [-0.3, -0.25) is 0 Å². The highest BCUT2D eigenvalue weighted by Gasteiger charge is 2.19. The Morgan fingerprint density at radius 1 is 0.636 bits per heavy atom. The van der Waals surface area contributed by atoms with Crippen LogP contribution >= 0.6 is 46.7 Å². The summed E-state index contributed by atoms with van der Waals surface area (Å²) in [4.78, 5) is 4.85. The van der Waals surface area contributed by atoms with Gasteiger partial charge in [-0.2, -0.15) is 0 Å². The summed E-state index contributed by atoms with van der Waals surface area (Å²) >= 11 is 16.1. The van der Waals surface area contributed by atoms with E-state index in [1.54, 1.807) is 23.5 Å². The molecule has 0 saturated heterocycles. The van der Waals surface area contributed by atoms with Crippen molar-refractivity contribution in [1.82, 2.24) is 0 Å². The standard InChI is InChI=1S/C18H10Cl2S2/c19-12-6-7-15-16(8-12)22-17-9-13(11-4-2-1-3-5-11)14(20)10-18(17)21-15/h1-10H. The molecule has 0 N–H and O–H groups in total. The molecule has 0 spiro atoms. The van der Waals surface area contributed by atoms with Crippen LogP contribution in [-0.4, -0.2) is 0 Å². The Hall–Kier alpha value is -1.06. The molecule has 0 bridgehead atoms. The molecule has 108 valence electrons. The lowest BCUT2D eigenvalue weighted by molar-refractivity contribution is 1.16. The van der Waals surface area contributed by atoms with Crippen molar-refractivity contribution in [2.75, 3.05) is 0 Å². The van der Waals surface area contributed by atoms with Gasteiger partial charge >= 0.3 is 0 Å². The maximum atomic E-state index is 6.50. The van der Waals surface area contributed by atoms with Crippen molar-refractivity contribution in [3.63, 3.8) is 0 Å². The van der Waals surface area contributed by atoms with E-state index in [9.17, 15) is 0 Å². The lowest BCUT2D eigenvalue weighted by atomic mass is 10.1. The van der Waals surface area contributed by atoms with E-state index >= 15 is 0 Å². The van der Waals surface area contributed by atoms with Crippen LogP contribution < -0.4 is 0 Å². The molecule has 1 heterocycles. The summed E-state index contributed by atoms with van der Waals surface area (Å²) < 4.78 is 0. The van der Waals surface area contributed by atoms with Gasteiger partial charge < -0.3 is 0 Å². The predicted molar refractivity (Wildman–Crippen MR) is 96.6 cm³/mol. The molecule has 1 aliphatic rings. The molecule has 4 rings (SSSR count). The van der Waals surface area contributed by atoms with Crippen LogP contribution in [0.25, 0.3) is 11.1 Å². The second-order valence-electron chi connectivity index (χ2n) is 4.94. The summed E-state index contributed by atoms with van der Waals surface area (Å²) in [6.45, 7) is 0. The minimum atomic E-state index is 0.771. The number of halogens is 2. The largest absolute Gasteiger partial charge is 0.0877 e. The average Bonchev–Trinajstić information content (AvgIpc) is 2.53. The molecule has 0 amide bonds. The van der Waals surface area contributed by atoms with Crippen molar-refractivity contribution < 1.29 is 0 Å². The van der Waals surface area contributed by atoms with E-state index < -0.39 is 0 Å². The van der Waals surface area contributed by atoms with Gasteiger partial charge in [0.05, 0.1) is 0 Å². The second-order valence-corrected chi connectivity index (χ2v) is 7.95. The fourth-order valence-electron chi connectivity index (χ4n) is 2.42. The average molecular weight is 361 g/mol. The second kappa shape index (κ2) is 5.86. The van der Waals surface area contributed by atoms with E-state index in [-0.39, 0.29) is 0 Å². The highest BCUT2D eigenvalue weighted by Crippen LogP contribution is 2.51. The van der Waals surface area contributed by atoms with Crippen LogP contribution in [0.4, 0.5) is 0 Å². The zero-order chi connectivity index (χ0) is 15.1. The van der Waals surface area contributed by atoms with Crippen LogP contribution in [-0.2, 0) is 0 Å². The third kappa shape index (κ3) is 2.65. The van der Waals surface area contributed by atoms with Crippen molar-refractivity contribution in [3.05, 3.63) is 70.7 Å². The first-order chi connectivity index (χ1) is 10.7. The van der Waals surface area contributed by atoms with Crippen LogP contribution in [0, 0.1) is 0 Å². The highest BCUT2D eigenvalue weighted by atomic mass is 35.5. The van der Waals surface area contributed by atoms with Gasteiger partial charge in [0, 0.05) is 35.2 Å². The Morgan fingerprint density at radius 3 is 2.14 bits per heavy atom. The first-order valence-corrected chi connectivity index (χ1v) is 9.14. The molecule has 4 heteroatoms. The van der Waals surface area contributed by atoms with E-state index in [2.05, 4.69) is 30.3 Å². The van der Waals surface area contributed by atoms with E-state index in [1.165, 1.54) is 19.6 Å². The van der Waals surface area contributed by atoms with Gasteiger partial charge in [0.1, 0.15) is 0 Å². The topological polar surface area (TPSA) is 0 Å². The molecule has 0 nitrogen and oxygen atoms in total. The highest BCUT2D eigenvalue weighted by molar-refractivity contribution is 8.05. The quantitative estimate of drug-likeness (QED) is 0.349. The summed E-state index contributed by atoms with van der Waals surface area (Å²) in [7, 11) is 0. The Bertz CT molecular complexity index is 860. The molecule has 3 aromatic carbocycles. The molecular formula is C18H10Cl2S2. The van der Waals surface area contributed by atoms with Gasteiger partial charge in [-0.05, 0) is 35.9 Å². The lowest BCUT2D eigenvalue weighted by Crippen LogP contribution is -1.91. The Labute approximate surface area is 147 Å². The molecule has 0 unspecified atom stereocenters. The molecule has 3 aromatic rings. The zero-order valence-electron chi connectivity index (χ0n) is 11.3. The summed E-state index contributed by atoms with van der Waals surface area (Å²) in [5.74, 6) is 0. The van der Waals surface area contributed by atoms with Crippen LogP contribution in [0.5, 0.6) is 0 Å². The predicted octanol–water partition coefficient (Wildman–Crippen LogP) is 7.28. The van der Waals surface area contributed by atoms with Crippen LogP contribution in [0.3, 0.4) is 0 Å². The minimum Gasteiger partial charge on any atom is -0.0877 e. The molecule has 0 atom stereocenters. The summed E-state index contributed by atoms with van der Waals surface area (Å²) in [5, 5.41) is 1.56. The van der Waals surface area contributed by atoms with Gasteiger partial charge in [0.15, 0.2) is 0 Å². The Morgan fingerprint density at radius 2 is 1.32 bits per heavy atom. The molecule has 1 aliphatic heterocycles. The maximum Gasteiger partial charge on any atom is 0.0496 e. The number of hydrogen-bond donors (Lipinski definition) is 0. The number of rotatable bonds is 1. The molecule has 0 fully saturated rings. The third-order valence-electron chi connectivity index (χ3n) is 3.46. The normalized spacial score (nSPS) is 12.6. The third-order valence-corrected chi connectivity index (χ3v) is 6.52. The zero-order valence-corrected chi connectivity index (χ0v) is 14.5. The van der Waals surface area contributed by atoms with Gasteiger partial charge in [0.25, 0.3) is 0 Å². The molecule has 22 heavy (non-hydrogen) atoms. The van der Waals surface area contributed by atoms with Gasteiger partial charge in [0.2, 0.25) is 0 Å².